The van der Waals surface area contributed by atoms with Crippen LogP contribution < -0.4 is 5.32 Å². The van der Waals surface area contributed by atoms with E-state index in [0.717, 1.165) is 18.4 Å². The average molecular weight is 340 g/mol. The number of alkyl halides is 2. The van der Waals surface area contributed by atoms with Crippen LogP contribution in [0, 0.1) is 0 Å². The van der Waals surface area contributed by atoms with Crippen LogP contribution in [-0.2, 0) is 11.2 Å². The van der Waals surface area contributed by atoms with E-state index in [1.807, 2.05) is 42.2 Å². The number of carboxylic acid groups (broad SMARTS) is 1. The van der Waals surface area contributed by atoms with E-state index in [-0.39, 0.29) is 18.6 Å². The summed E-state index contributed by atoms with van der Waals surface area (Å²) >= 11 is 0. The summed E-state index contributed by atoms with van der Waals surface area (Å²) < 4.78 is 26.5. The maximum Gasteiger partial charge on any atom is 0.317 e. The van der Waals surface area contributed by atoms with E-state index in [1.54, 1.807) is 0 Å². The van der Waals surface area contributed by atoms with Crippen LogP contribution in [0.2, 0.25) is 0 Å². The number of hydrogen-bond donors (Lipinski definition) is 2. The molecule has 0 amide bonds. The minimum atomic E-state index is -2.39. The van der Waals surface area contributed by atoms with Crippen LogP contribution in [-0.4, -0.2) is 53.6 Å². The van der Waals surface area contributed by atoms with Crippen molar-refractivity contribution in [2.24, 2.45) is 0 Å². The van der Waals surface area contributed by atoms with Gasteiger partial charge < -0.3 is 10.4 Å². The van der Waals surface area contributed by atoms with Gasteiger partial charge in [0.25, 0.3) is 6.43 Å². The molecule has 0 heterocycles. The maximum absolute atomic E-state index is 13.3. The Hall–Kier alpha value is -1.53. The van der Waals surface area contributed by atoms with Gasteiger partial charge in [0.05, 0.1) is 12.6 Å². The van der Waals surface area contributed by atoms with Gasteiger partial charge in [-0.25, -0.2) is 8.78 Å². The second kappa shape index (κ2) is 9.08. The quantitative estimate of drug-likeness (QED) is 0.688. The van der Waals surface area contributed by atoms with Crippen LogP contribution in [0.15, 0.2) is 30.3 Å². The number of hydrogen-bond acceptors (Lipinski definition) is 3. The third kappa shape index (κ3) is 5.53. The van der Waals surface area contributed by atoms with E-state index in [4.69, 9.17) is 5.11 Å². The monoisotopic (exact) mass is 340 g/mol. The van der Waals surface area contributed by atoms with E-state index < -0.39 is 18.4 Å². The van der Waals surface area contributed by atoms with Crippen molar-refractivity contribution in [1.29, 1.82) is 0 Å². The topological polar surface area (TPSA) is 52.6 Å². The highest BCUT2D eigenvalue weighted by Crippen LogP contribution is 2.27. The molecule has 1 atom stereocenters. The molecular weight excluding hydrogens is 314 g/mol. The number of benzene rings is 1. The summed E-state index contributed by atoms with van der Waals surface area (Å²) in [6.45, 7) is 2.60. The van der Waals surface area contributed by atoms with Gasteiger partial charge >= 0.3 is 5.97 Å². The van der Waals surface area contributed by atoms with Crippen molar-refractivity contribution in [2.75, 3.05) is 13.1 Å². The summed E-state index contributed by atoms with van der Waals surface area (Å²) in [5.74, 6) is -0.846. The summed E-state index contributed by atoms with van der Waals surface area (Å²) in [4.78, 5) is 12.7. The van der Waals surface area contributed by atoms with Crippen LogP contribution in [0.1, 0.15) is 31.7 Å². The number of carboxylic acids is 1. The lowest BCUT2D eigenvalue weighted by molar-refractivity contribution is -0.139. The van der Waals surface area contributed by atoms with Crippen LogP contribution in [0.25, 0.3) is 0 Å². The number of aryl methyl sites for hydroxylation is 1. The van der Waals surface area contributed by atoms with Gasteiger partial charge in [-0.2, -0.15) is 0 Å². The number of aliphatic carboxylic acids is 1. The fourth-order valence-corrected chi connectivity index (χ4v) is 3.25. The Kier molecular flexibility index (Phi) is 7.12. The molecule has 1 unspecified atom stereocenters. The number of likely N-dealkylation sites (N-methyl/N-ethyl adjacent to an activating group) is 1. The van der Waals surface area contributed by atoms with E-state index in [1.165, 1.54) is 0 Å². The van der Waals surface area contributed by atoms with Crippen molar-refractivity contribution in [3.8, 4) is 0 Å². The van der Waals surface area contributed by atoms with E-state index >= 15 is 0 Å². The summed E-state index contributed by atoms with van der Waals surface area (Å²) in [6, 6.07) is 9.06. The first kappa shape index (κ1) is 18.8. The molecule has 0 aliphatic heterocycles. The summed E-state index contributed by atoms with van der Waals surface area (Å²) in [5, 5.41) is 12.0. The molecule has 24 heavy (non-hydrogen) atoms. The highest BCUT2D eigenvalue weighted by Gasteiger charge is 2.36. The maximum atomic E-state index is 13.3. The van der Waals surface area contributed by atoms with Gasteiger partial charge in [0.15, 0.2) is 0 Å². The molecule has 1 aliphatic rings. The van der Waals surface area contributed by atoms with Crippen molar-refractivity contribution in [3.05, 3.63) is 35.9 Å². The summed E-state index contributed by atoms with van der Waals surface area (Å²) in [6.07, 6.45) is 0.0916. The first-order valence-electron chi connectivity index (χ1n) is 8.53. The molecule has 0 radical (unpaired) electrons. The van der Waals surface area contributed by atoms with Gasteiger partial charge in [0.1, 0.15) is 0 Å². The van der Waals surface area contributed by atoms with Gasteiger partial charge in [0.2, 0.25) is 0 Å². The van der Waals surface area contributed by atoms with E-state index in [2.05, 4.69) is 5.32 Å². The molecule has 1 saturated carbocycles. The predicted molar refractivity (Wildman–Crippen MR) is 89.4 cm³/mol. The van der Waals surface area contributed by atoms with E-state index in [0.29, 0.717) is 19.4 Å². The molecule has 1 aliphatic carbocycles. The molecule has 6 heteroatoms. The van der Waals surface area contributed by atoms with Crippen LogP contribution in [0.4, 0.5) is 8.78 Å². The Bertz CT molecular complexity index is 507. The standard InChI is InChI=1S/C18H26F2N2O2/c1-2-22(12-17(23)24)15-10-14(11-15)21-16(18(19)20)9-8-13-6-4-3-5-7-13/h3-7,14-16,18,21H,2,8-12H2,1H3,(H,23,24). The third-order valence-corrected chi connectivity index (χ3v) is 4.71. The van der Waals surface area contributed by atoms with Gasteiger partial charge in [-0.05, 0) is 37.8 Å². The molecule has 2 rings (SSSR count). The summed E-state index contributed by atoms with van der Waals surface area (Å²) in [7, 11) is 0. The minimum Gasteiger partial charge on any atom is -0.480 e. The predicted octanol–water partition coefficient (Wildman–Crippen LogP) is 2.78. The molecule has 0 spiro atoms. The number of rotatable bonds is 10. The normalized spacial score (nSPS) is 21.7. The van der Waals surface area contributed by atoms with Gasteiger partial charge in [-0.1, -0.05) is 37.3 Å². The molecule has 0 aromatic heterocycles. The molecule has 0 bridgehead atoms. The van der Waals surface area contributed by atoms with Crippen molar-refractivity contribution < 1.29 is 18.7 Å². The van der Waals surface area contributed by atoms with Crippen LogP contribution in [0.5, 0.6) is 0 Å². The smallest absolute Gasteiger partial charge is 0.317 e. The fraction of sp³-hybridized carbons (Fsp3) is 0.611. The number of nitrogens with zero attached hydrogens (tertiary/aromatic N) is 1. The van der Waals surface area contributed by atoms with Gasteiger partial charge in [0, 0.05) is 12.1 Å². The Balaban J connectivity index is 1.77. The van der Waals surface area contributed by atoms with Crippen LogP contribution in [0.3, 0.4) is 0 Å². The molecule has 1 aromatic rings. The lowest BCUT2D eigenvalue weighted by atomic mass is 9.84. The first-order valence-corrected chi connectivity index (χ1v) is 8.53. The van der Waals surface area contributed by atoms with Crippen LogP contribution >= 0.6 is 0 Å². The Labute approximate surface area is 141 Å². The second-order valence-corrected chi connectivity index (χ2v) is 6.41. The molecule has 0 saturated heterocycles. The first-order chi connectivity index (χ1) is 11.5. The summed E-state index contributed by atoms with van der Waals surface area (Å²) in [5.41, 5.74) is 1.06. The number of halogens is 2. The van der Waals surface area contributed by atoms with Crippen molar-refractivity contribution >= 4 is 5.97 Å². The Morgan fingerprint density at radius 1 is 1.33 bits per heavy atom. The number of nitrogens with one attached hydrogen (secondary N) is 1. The molecule has 4 nitrogen and oxygen atoms in total. The van der Waals surface area contributed by atoms with Gasteiger partial charge in [-0.15, -0.1) is 0 Å². The zero-order valence-corrected chi connectivity index (χ0v) is 14.0. The van der Waals surface area contributed by atoms with Crippen molar-refractivity contribution in [3.63, 3.8) is 0 Å². The lowest BCUT2D eigenvalue weighted by Gasteiger charge is -2.43. The van der Waals surface area contributed by atoms with Crippen molar-refractivity contribution in [1.82, 2.24) is 10.2 Å². The minimum absolute atomic E-state index is 0.0141. The SMILES string of the molecule is CCN(CC(=O)O)C1CC(NC(CCc2ccccc2)C(F)F)C1. The Morgan fingerprint density at radius 2 is 2.00 bits per heavy atom. The zero-order valence-electron chi connectivity index (χ0n) is 14.0. The van der Waals surface area contributed by atoms with E-state index in [9.17, 15) is 13.6 Å². The van der Waals surface area contributed by atoms with Crippen molar-refractivity contribution in [2.45, 2.75) is 57.2 Å². The third-order valence-electron chi connectivity index (χ3n) is 4.71. The molecular formula is C18H26F2N2O2. The molecule has 134 valence electrons. The zero-order chi connectivity index (χ0) is 17.5. The second-order valence-electron chi connectivity index (χ2n) is 6.41. The highest BCUT2D eigenvalue weighted by atomic mass is 19.3. The fourth-order valence-electron chi connectivity index (χ4n) is 3.25. The van der Waals surface area contributed by atoms with Gasteiger partial charge in [-0.3, -0.25) is 9.69 Å². The Morgan fingerprint density at radius 3 is 2.54 bits per heavy atom. The molecule has 1 aromatic carbocycles. The molecule has 2 N–H and O–H groups in total. The highest BCUT2D eigenvalue weighted by molar-refractivity contribution is 5.69. The largest absolute Gasteiger partial charge is 0.480 e. The number of carbonyl (C=O) groups is 1. The average Bonchev–Trinajstić information content (AvgIpc) is 2.51. The lowest BCUT2D eigenvalue weighted by Crippen LogP contribution is -2.56. The molecule has 1 fully saturated rings.